The van der Waals surface area contributed by atoms with Gasteiger partial charge >= 0.3 is 0 Å². The molecule has 0 aromatic carbocycles. The van der Waals surface area contributed by atoms with Gasteiger partial charge in [0.2, 0.25) is 0 Å². The van der Waals surface area contributed by atoms with E-state index in [0.717, 1.165) is 11.8 Å². The largest absolute Gasteiger partial charge is 0.374 e. The van der Waals surface area contributed by atoms with Crippen LogP contribution in [0.5, 0.6) is 0 Å². The van der Waals surface area contributed by atoms with Crippen LogP contribution >= 0.6 is 0 Å². The van der Waals surface area contributed by atoms with Crippen LogP contribution in [0.2, 0.25) is 0 Å². The predicted molar refractivity (Wildman–Crippen MR) is 63.8 cm³/mol. The molecule has 2 aliphatic heterocycles. The van der Waals surface area contributed by atoms with Crippen molar-refractivity contribution >= 4 is 0 Å². The second-order valence-electron chi connectivity index (χ2n) is 7.57. The maximum absolute atomic E-state index is 6.15. The molecule has 0 N–H and O–H groups in total. The Morgan fingerprint density at radius 1 is 0.733 bits per heavy atom. The zero-order valence-corrected chi connectivity index (χ0v) is 11.1. The Balaban J connectivity index is 2.28. The van der Waals surface area contributed by atoms with E-state index in [1.807, 2.05) is 0 Å². The minimum atomic E-state index is 0.387. The van der Waals surface area contributed by atoms with Gasteiger partial charge in [-0.1, -0.05) is 41.5 Å². The first kappa shape index (κ1) is 11.4. The van der Waals surface area contributed by atoms with Crippen LogP contribution in [0.1, 0.15) is 54.4 Å². The van der Waals surface area contributed by atoms with Crippen molar-refractivity contribution in [2.24, 2.45) is 22.7 Å². The molecule has 88 valence electrons. The second-order valence-corrected chi connectivity index (χ2v) is 7.57. The molecule has 0 aliphatic carbocycles. The molecule has 0 aromatic rings. The van der Waals surface area contributed by atoms with Gasteiger partial charge < -0.3 is 4.74 Å². The molecule has 0 amide bonds. The van der Waals surface area contributed by atoms with Crippen molar-refractivity contribution in [3.63, 3.8) is 0 Å². The fourth-order valence-electron chi connectivity index (χ4n) is 3.87. The van der Waals surface area contributed by atoms with Crippen molar-refractivity contribution in [2.75, 3.05) is 0 Å². The van der Waals surface area contributed by atoms with Gasteiger partial charge in [0, 0.05) is 0 Å². The molecule has 15 heavy (non-hydrogen) atoms. The molecule has 2 rings (SSSR count). The summed E-state index contributed by atoms with van der Waals surface area (Å²) in [6.07, 6.45) is 3.66. The quantitative estimate of drug-likeness (QED) is 0.589. The second kappa shape index (κ2) is 3.23. The average molecular weight is 210 g/mol. The lowest BCUT2D eigenvalue weighted by atomic mass is 9.59. The highest BCUT2D eigenvalue weighted by molar-refractivity contribution is 5.04. The molecule has 2 fully saturated rings. The molecule has 0 aromatic heterocycles. The van der Waals surface area contributed by atoms with Crippen LogP contribution in [-0.4, -0.2) is 12.2 Å². The Labute approximate surface area is 94.6 Å². The summed E-state index contributed by atoms with van der Waals surface area (Å²) in [7, 11) is 0. The van der Waals surface area contributed by atoms with Crippen molar-refractivity contribution in [3.05, 3.63) is 0 Å². The van der Waals surface area contributed by atoms with Crippen molar-refractivity contribution < 1.29 is 4.74 Å². The highest BCUT2D eigenvalue weighted by Crippen LogP contribution is 2.56. The predicted octanol–water partition coefficient (Wildman–Crippen LogP) is 3.87. The number of ether oxygens (including phenoxy) is 1. The first-order valence-corrected chi connectivity index (χ1v) is 6.37. The summed E-state index contributed by atoms with van der Waals surface area (Å²) in [4.78, 5) is 0. The highest BCUT2D eigenvalue weighted by atomic mass is 16.5. The van der Waals surface area contributed by atoms with Gasteiger partial charge in [0.25, 0.3) is 0 Å². The number of hydrogen-bond donors (Lipinski definition) is 0. The molecular weight excluding hydrogens is 184 g/mol. The zero-order valence-electron chi connectivity index (χ0n) is 11.1. The van der Waals surface area contributed by atoms with E-state index >= 15 is 0 Å². The molecule has 0 unspecified atom stereocenters. The first-order chi connectivity index (χ1) is 6.71. The summed E-state index contributed by atoms with van der Waals surface area (Å²) >= 11 is 0. The molecule has 2 aliphatic rings. The van der Waals surface area contributed by atoms with Crippen molar-refractivity contribution in [2.45, 2.75) is 66.6 Å². The summed E-state index contributed by atoms with van der Waals surface area (Å²) in [6, 6.07) is 0. The van der Waals surface area contributed by atoms with Crippen LogP contribution in [-0.2, 0) is 4.74 Å². The minimum Gasteiger partial charge on any atom is -0.374 e. The van der Waals surface area contributed by atoms with E-state index in [1.54, 1.807) is 0 Å². The molecule has 1 heteroatoms. The van der Waals surface area contributed by atoms with E-state index < -0.39 is 0 Å². The number of fused-ring (bicyclic) bond motifs is 2. The van der Waals surface area contributed by atoms with Gasteiger partial charge in [-0.05, 0) is 35.5 Å². The summed E-state index contributed by atoms with van der Waals surface area (Å²) < 4.78 is 6.15. The van der Waals surface area contributed by atoms with E-state index in [9.17, 15) is 0 Å². The van der Waals surface area contributed by atoms with E-state index in [1.165, 1.54) is 12.8 Å². The molecule has 0 saturated carbocycles. The summed E-state index contributed by atoms with van der Waals surface area (Å²) in [5.41, 5.74) is 0.773. The van der Waals surface area contributed by atoms with E-state index in [0.29, 0.717) is 23.0 Å². The van der Waals surface area contributed by atoms with Crippen LogP contribution in [0.4, 0.5) is 0 Å². The van der Waals surface area contributed by atoms with Gasteiger partial charge in [0.05, 0.1) is 12.2 Å². The fourth-order valence-corrected chi connectivity index (χ4v) is 3.87. The normalized spacial score (nSPS) is 41.2. The molecular formula is C14H26O. The summed E-state index contributed by atoms with van der Waals surface area (Å²) in [5, 5.41) is 0. The number of hydrogen-bond acceptors (Lipinski definition) is 1. The zero-order chi connectivity index (χ0) is 11.4. The van der Waals surface area contributed by atoms with Crippen molar-refractivity contribution in [3.8, 4) is 0 Å². The average Bonchev–Trinajstić information content (AvgIpc) is 2.56. The molecule has 4 atom stereocenters. The SMILES string of the molecule is CC(C)(C)[C@@H]1[C@H](C(C)(C)C)[C@H]2CC[C@@H]1O2. The lowest BCUT2D eigenvalue weighted by Gasteiger charge is -2.44. The minimum absolute atomic E-state index is 0.387. The Hall–Kier alpha value is -0.0400. The van der Waals surface area contributed by atoms with Gasteiger partial charge in [-0.25, -0.2) is 0 Å². The maximum atomic E-state index is 6.15. The number of rotatable bonds is 0. The maximum Gasteiger partial charge on any atom is 0.0617 e. The lowest BCUT2D eigenvalue weighted by molar-refractivity contribution is 0.0591. The standard InChI is InChI=1S/C14H26O/c1-13(2,3)11-9-7-8-10(15-9)12(11)14(4,5)6/h9-12H,7-8H2,1-6H3/t9-,10+,11-,12+. The van der Waals surface area contributed by atoms with Gasteiger partial charge in [-0.3, -0.25) is 0 Å². The smallest absolute Gasteiger partial charge is 0.0617 e. The van der Waals surface area contributed by atoms with Crippen LogP contribution in [0, 0.1) is 22.7 Å². The van der Waals surface area contributed by atoms with Gasteiger partial charge in [0.15, 0.2) is 0 Å². The third-order valence-electron chi connectivity index (χ3n) is 4.27. The van der Waals surface area contributed by atoms with E-state index in [2.05, 4.69) is 41.5 Å². The van der Waals surface area contributed by atoms with Gasteiger partial charge in [0.1, 0.15) is 0 Å². The monoisotopic (exact) mass is 210 g/mol. The lowest BCUT2D eigenvalue weighted by Crippen LogP contribution is -2.42. The van der Waals surface area contributed by atoms with Crippen molar-refractivity contribution in [1.82, 2.24) is 0 Å². The van der Waals surface area contributed by atoms with E-state index in [4.69, 9.17) is 4.74 Å². The van der Waals surface area contributed by atoms with E-state index in [-0.39, 0.29) is 0 Å². The van der Waals surface area contributed by atoms with Crippen LogP contribution in [0.25, 0.3) is 0 Å². The fraction of sp³-hybridized carbons (Fsp3) is 1.00. The van der Waals surface area contributed by atoms with Gasteiger partial charge in [-0.2, -0.15) is 0 Å². The molecule has 1 nitrogen and oxygen atoms in total. The Bertz CT molecular complexity index is 217. The van der Waals surface area contributed by atoms with Crippen LogP contribution in [0.15, 0.2) is 0 Å². The third-order valence-corrected chi connectivity index (χ3v) is 4.27. The molecule has 2 bridgehead atoms. The summed E-state index contributed by atoms with van der Waals surface area (Å²) in [5.74, 6) is 1.49. The molecule has 2 heterocycles. The Morgan fingerprint density at radius 3 is 1.33 bits per heavy atom. The topological polar surface area (TPSA) is 9.23 Å². The van der Waals surface area contributed by atoms with Crippen LogP contribution in [0.3, 0.4) is 0 Å². The van der Waals surface area contributed by atoms with Crippen LogP contribution < -0.4 is 0 Å². The molecule has 2 saturated heterocycles. The summed E-state index contributed by atoms with van der Waals surface area (Å²) in [6.45, 7) is 14.3. The Kier molecular flexibility index (Phi) is 2.46. The molecule has 0 spiro atoms. The molecule has 0 radical (unpaired) electrons. The van der Waals surface area contributed by atoms with Crippen molar-refractivity contribution in [1.29, 1.82) is 0 Å². The highest BCUT2D eigenvalue weighted by Gasteiger charge is 2.56. The third kappa shape index (κ3) is 1.84. The van der Waals surface area contributed by atoms with Gasteiger partial charge in [-0.15, -0.1) is 0 Å². The first-order valence-electron chi connectivity index (χ1n) is 6.37. The Morgan fingerprint density at radius 2 is 1.07 bits per heavy atom.